The number of halogens is 1. The Morgan fingerprint density at radius 1 is 1.13 bits per heavy atom. The Morgan fingerprint density at radius 2 is 1.73 bits per heavy atom. The fourth-order valence-corrected chi connectivity index (χ4v) is 5.85. The molecule has 1 N–H and O–H groups in total. The summed E-state index contributed by atoms with van der Waals surface area (Å²) in [6.07, 6.45) is 4.78. The number of rotatable bonds is 6. The van der Waals surface area contributed by atoms with E-state index in [2.05, 4.69) is 5.32 Å². The Bertz CT molecular complexity index is 858. The van der Waals surface area contributed by atoms with Crippen LogP contribution in [0.5, 0.6) is 0 Å². The van der Waals surface area contributed by atoms with E-state index in [-0.39, 0.29) is 42.4 Å². The second-order valence-corrected chi connectivity index (χ2v) is 10.4. The Labute approximate surface area is 183 Å². The van der Waals surface area contributed by atoms with Crippen molar-refractivity contribution >= 4 is 33.5 Å². The summed E-state index contributed by atoms with van der Waals surface area (Å²) in [5, 5.41) is 3.46. The van der Waals surface area contributed by atoms with Crippen LogP contribution in [-0.4, -0.2) is 49.8 Å². The molecule has 1 saturated carbocycles. The summed E-state index contributed by atoms with van der Waals surface area (Å²) < 4.78 is 32.3. The van der Waals surface area contributed by atoms with Gasteiger partial charge in [-0.05, 0) is 56.9 Å². The number of benzene rings is 1. The zero-order valence-corrected chi connectivity index (χ0v) is 18.8. The summed E-state index contributed by atoms with van der Waals surface area (Å²) in [4.78, 5) is 25.7. The molecule has 0 aromatic heterocycles. The summed E-state index contributed by atoms with van der Waals surface area (Å²) in [7, 11) is -3.62. The molecule has 1 saturated heterocycles. The number of sulfonamides is 1. The zero-order valence-electron chi connectivity index (χ0n) is 17.2. The summed E-state index contributed by atoms with van der Waals surface area (Å²) in [6, 6.07) is 6.08. The van der Waals surface area contributed by atoms with Crippen molar-refractivity contribution in [1.29, 1.82) is 0 Å². The summed E-state index contributed by atoms with van der Waals surface area (Å²) in [5.74, 6) is -0.871. The maximum Gasteiger partial charge on any atom is 0.331 e. The van der Waals surface area contributed by atoms with Crippen LogP contribution in [0.15, 0.2) is 29.2 Å². The first-order valence-corrected chi connectivity index (χ1v) is 12.4. The first kappa shape index (κ1) is 23.0. The van der Waals surface area contributed by atoms with E-state index in [1.54, 1.807) is 19.1 Å². The summed E-state index contributed by atoms with van der Waals surface area (Å²) in [5.41, 5.74) is -0.947. The molecule has 2 fully saturated rings. The lowest BCUT2D eigenvalue weighted by atomic mass is 9.81. The molecule has 0 spiro atoms. The smallest absolute Gasteiger partial charge is 0.331 e. The monoisotopic (exact) mass is 456 g/mol. The van der Waals surface area contributed by atoms with Gasteiger partial charge in [0.05, 0.1) is 11.5 Å². The van der Waals surface area contributed by atoms with Gasteiger partial charge < -0.3 is 10.1 Å². The van der Waals surface area contributed by atoms with Crippen LogP contribution in [0.3, 0.4) is 0 Å². The van der Waals surface area contributed by atoms with Gasteiger partial charge in [-0.15, -0.1) is 0 Å². The quantitative estimate of drug-likeness (QED) is 0.664. The highest BCUT2D eigenvalue weighted by Gasteiger charge is 2.44. The zero-order chi connectivity index (χ0) is 21.8. The number of ether oxygens (including phenoxy) is 1. The van der Waals surface area contributed by atoms with E-state index in [4.69, 9.17) is 16.3 Å². The number of piperidine rings is 1. The molecule has 1 aliphatic carbocycles. The largest absolute Gasteiger partial charge is 0.464 e. The van der Waals surface area contributed by atoms with Crippen molar-refractivity contribution in [2.45, 2.75) is 62.3 Å². The number of hydrogen-bond donors (Lipinski definition) is 1. The van der Waals surface area contributed by atoms with Crippen molar-refractivity contribution in [2.75, 3.05) is 19.7 Å². The van der Waals surface area contributed by atoms with Crippen LogP contribution in [0.25, 0.3) is 0 Å². The topological polar surface area (TPSA) is 92.8 Å². The lowest BCUT2D eigenvalue weighted by Gasteiger charge is -2.38. The van der Waals surface area contributed by atoms with Crippen LogP contribution in [0.4, 0.5) is 0 Å². The fourth-order valence-electron chi connectivity index (χ4n) is 4.26. The number of hydrogen-bond acceptors (Lipinski definition) is 5. The number of carbonyl (C=O) groups excluding carboxylic acids is 2. The molecule has 0 radical (unpaired) electrons. The molecule has 0 unspecified atom stereocenters. The molecule has 0 atom stereocenters. The molecule has 1 aromatic carbocycles. The highest BCUT2D eigenvalue weighted by molar-refractivity contribution is 7.89. The van der Waals surface area contributed by atoms with Gasteiger partial charge in [-0.2, -0.15) is 4.31 Å². The van der Waals surface area contributed by atoms with E-state index >= 15 is 0 Å². The Hall–Kier alpha value is -1.64. The van der Waals surface area contributed by atoms with Crippen molar-refractivity contribution in [3.05, 3.63) is 29.3 Å². The molecule has 1 aromatic rings. The predicted octanol–water partition coefficient (Wildman–Crippen LogP) is 3.12. The maximum atomic E-state index is 12.9. The van der Waals surface area contributed by atoms with E-state index in [1.165, 1.54) is 16.4 Å². The van der Waals surface area contributed by atoms with Crippen LogP contribution >= 0.6 is 11.6 Å². The van der Waals surface area contributed by atoms with Gasteiger partial charge in [0.2, 0.25) is 15.9 Å². The Morgan fingerprint density at radius 3 is 2.30 bits per heavy atom. The molecule has 7 nitrogen and oxygen atoms in total. The Kier molecular flexibility index (Phi) is 7.42. The minimum atomic E-state index is -3.62. The molecule has 9 heteroatoms. The minimum Gasteiger partial charge on any atom is -0.464 e. The molecule has 2 aliphatic rings. The van der Waals surface area contributed by atoms with Crippen molar-refractivity contribution in [3.63, 3.8) is 0 Å². The van der Waals surface area contributed by atoms with E-state index in [0.29, 0.717) is 30.7 Å². The Balaban J connectivity index is 1.63. The van der Waals surface area contributed by atoms with Crippen LogP contribution in [-0.2, 0) is 24.3 Å². The van der Waals surface area contributed by atoms with E-state index in [0.717, 1.165) is 19.3 Å². The molecular formula is C21H29ClN2O5S. The van der Waals surface area contributed by atoms with E-state index < -0.39 is 15.6 Å². The second kappa shape index (κ2) is 9.66. The van der Waals surface area contributed by atoms with Gasteiger partial charge in [0.25, 0.3) is 0 Å². The first-order valence-electron chi connectivity index (χ1n) is 10.5. The lowest BCUT2D eigenvalue weighted by molar-refractivity contribution is -0.155. The third kappa shape index (κ3) is 4.98. The average molecular weight is 457 g/mol. The van der Waals surface area contributed by atoms with Gasteiger partial charge in [0.15, 0.2) is 0 Å². The van der Waals surface area contributed by atoms with Gasteiger partial charge >= 0.3 is 5.97 Å². The molecule has 1 amide bonds. The number of carbonyl (C=O) groups is 2. The average Bonchev–Trinajstić information content (AvgIpc) is 2.75. The second-order valence-electron chi connectivity index (χ2n) is 7.98. The van der Waals surface area contributed by atoms with Gasteiger partial charge in [-0.3, -0.25) is 4.79 Å². The van der Waals surface area contributed by atoms with Gasteiger partial charge in [0.1, 0.15) is 5.54 Å². The summed E-state index contributed by atoms with van der Waals surface area (Å²) >= 11 is 5.85. The van der Waals surface area contributed by atoms with Crippen LogP contribution in [0.2, 0.25) is 5.02 Å². The maximum absolute atomic E-state index is 12.9. The van der Waals surface area contributed by atoms with E-state index in [1.807, 2.05) is 0 Å². The molecule has 30 heavy (non-hydrogen) atoms. The molecule has 3 rings (SSSR count). The summed E-state index contributed by atoms with van der Waals surface area (Å²) in [6.45, 7) is 2.55. The first-order chi connectivity index (χ1) is 14.3. The third-order valence-electron chi connectivity index (χ3n) is 6.01. The van der Waals surface area contributed by atoms with Crippen LogP contribution in [0.1, 0.15) is 51.9 Å². The number of nitrogens with zero attached hydrogens (tertiary/aromatic N) is 1. The fraction of sp³-hybridized carbons (Fsp3) is 0.619. The molecule has 1 heterocycles. The van der Waals surface area contributed by atoms with Gasteiger partial charge in [0, 0.05) is 24.0 Å². The molecular weight excluding hydrogens is 428 g/mol. The predicted molar refractivity (Wildman–Crippen MR) is 114 cm³/mol. The SMILES string of the molecule is CCOC(=O)C1(NC(=O)C2CCN(S(=O)(=O)c3ccc(Cl)cc3)CC2)CCCCC1. The van der Waals surface area contributed by atoms with E-state index in [9.17, 15) is 18.0 Å². The third-order valence-corrected chi connectivity index (χ3v) is 8.18. The van der Waals surface area contributed by atoms with Crippen molar-refractivity contribution in [2.24, 2.45) is 5.92 Å². The van der Waals surface area contributed by atoms with Crippen LogP contribution in [0, 0.1) is 5.92 Å². The standard InChI is InChI=1S/C21H29ClN2O5S/c1-2-29-20(26)21(12-4-3-5-13-21)23-19(25)16-10-14-24(15-11-16)30(27,28)18-8-6-17(22)7-9-18/h6-9,16H,2-5,10-15H2,1H3,(H,23,25). The minimum absolute atomic E-state index is 0.187. The van der Waals surface area contributed by atoms with Crippen molar-refractivity contribution < 1.29 is 22.7 Å². The van der Waals surface area contributed by atoms with Gasteiger partial charge in [-0.1, -0.05) is 30.9 Å². The highest BCUT2D eigenvalue weighted by Crippen LogP contribution is 2.31. The van der Waals surface area contributed by atoms with Crippen molar-refractivity contribution in [1.82, 2.24) is 9.62 Å². The molecule has 1 aliphatic heterocycles. The lowest BCUT2D eigenvalue weighted by Crippen LogP contribution is -2.58. The normalized spacial score (nSPS) is 20.5. The highest BCUT2D eigenvalue weighted by atomic mass is 35.5. The van der Waals surface area contributed by atoms with Gasteiger partial charge in [-0.25, -0.2) is 13.2 Å². The number of esters is 1. The van der Waals surface area contributed by atoms with Crippen molar-refractivity contribution in [3.8, 4) is 0 Å². The van der Waals surface area contributed by atoms with Crippen LogP contribution < -0.4 is 5.32 Å². The number of nitrogens with one attached hydrogen (secondary N) is 1. The molecule has 0 bridgehead atoms. The number of amides is 1. The molecule has 166 valence electrons.